The molecule has 5 nitrogen and oxygen atoms in total. The number of hydrogen-bond acceptors (Lipinski definition) is 4. The molecule has 1 aromatic rings. The summed E-state index contributed by atoms with van der Waals surface area (Å²) in [5.74, 6) is 0. The molecule has 0 aromatic heterocycles. The first-order valence-electron chi connectivity index (χ1n) is 6.96. The van der Waals surface area contributed by atoms with Crippen molar-refractivity contribution in [1.29, 1.82) is 0 Å². The van der Waals surface area contributed by atoms with Crippen molar-refractivity contribution in [2.24, 2.45) is 5.14 Å². The van der Waals surface area contributed by atoms with Crippen molar-refractivity contribution in [3.63, 3.8) is 0 Å². The summed E-state index contributed by atoms with van der Waals surface area (Å²) < 4.78 is 23.5. The van der Waals surface area contributed by atoms with Gasteiger partial charge in [-0.25, -0.2) is 13.6 Å². The van der Waals surface area contributed by atoms with Crippen molar-refractivity contribution in [1.82, 2.24) is 0 Å². The van der Waals surface area contributed by atoms with Crippen LogP contribution in [0.5, 0.6) is 0 Å². The van der Waals surface area contributed by atoms with Gasteiger partial charge in [0.05, 0.1) is 5.69 Å². The third-order valence-corrected chi connectivity index (χ3v) is 4.17. The highest BCUT2D eigenvalue weighted by Gasteiger charge is 2.20. The first-order chi connectivity index (χ1) is 9.27. The highest BCUT2D eigenvalue weighted by atomic mass is 32.2. The smallest absolute Gasteiger partial charge is 0.240 e. The van der Waals surface area contributed by atoms with Crippen LogP contribution >= 0.6 is 0 Å². The summed E-state index contributed by atoms with van der Waals surface area (Å²) in [6.45, 7) is 7.01. The minimum atomic E-state index is -3.79. The van der Waals surface area contributed by atoms with Crippen LogP contribution in [0.3, 0.4) is 0 Å². The highest BCUT2D eigenvalue weighted by Crippen LogP contribution is 2.28. The zero-order valence-corrected chi connectivity index (χ0v) is 13.3. The van der Waals surface area contributed by atoms with Gasteiger partial charge in [0.2, 0.25) is 10.0 Å². The van der Waals surface area contributed by atoms with E-state index in [1.165, 1.54) is 6.07 Å². The number of nitrogen functional groups attached to an aromatic ring is 1. The molecule has 0 radical (unpaired) electrons. The summed E-state index contributed by atoms with van der Waals surface area (Å²) in [6.07, 6.45) is 3.25. The molecule has 0 spiro atoms. The molecular formula is C14H25N3O2S. The lowest BCUT2D eigenvalue weighted by atomic mass is 10.2. The highest BCUT2D eigenvalue weighted by molar-refractivity contribution is 7.89. The summed E-state index contributed by atoms with van der Waals surface area (Å²) in [5.41, 5.74) is 6.71. The molecule has 0 aliphatic rings. The summed E-state index contributed by atoms with van der Waals surface area (Å²) in [7, 11) is -3.79. The number of anilines is 2. The van der Waals surface area contributed by atoms with E-state index < -0.39 is 10.0 Å². The number of benzene rings is 1. The molecular weight excluding hydrogens is 274 g/mol. The topological polar surface area (TPSA) is 89.4 Å². The Morgan fingerprint density at radius 1 is 1.25 bits per heavy atom. The van der Waals surface area contributed by atoms with Crippen molar-refractivity contribution < 1.29 is 8.42 Å². The molecule has 6 heteroatoms. The number of nitrogens with zero attached hydrogens (tertiary/aromatic N) is 1. The summed E-state index contributed by atoms with van der Waals surface area (Å²) >= 11 is 0. The number of primary sulfonamides is 1. The van der Waals surface area contributed by atoms with Gasteiger partial charge >= 0.3 is 0 Å². The summed E-state index contributed by atoms with van der Waals surface area (Å²) in [6, 6.07) is 5.07. The zero-order valence-electron chi connectivity index (χ0n) is 12.5. The normalized spacial score (nSPS) is 11.8. The Hall–Kier alpha value is -1.27. The van der Waals surface area contributed by atoms with Crippen molar-refractivity contribution in [3.05, 3.63) is 18.2 Å². The Bertz CT molecular complexity index is 541. The molecule has 0 atom stereocenters. The average Bonchev–Trinajstić information content (AvgIpc) is 2.34. The van der Waals surface area contributed by atoms with Crippen molar-refractivity contribution in [3.8, 4) is 0 Å². The molecule has 0 saturated carbocycles. The van der Waals surface area contributed by atoms with Gasteiger partial charge < -0.3 is 10.6 Å². The van der Waals surface area contributed by atoms with Gasteiger partial charge in [0.25, 0.3) is 0 Å². The molecule has 0 aliphatic carbocycles. The first kappa shape index (κ1) is 16.8. The minimum absolute atomic E-state index is 0.0997. The standard InChI is InChI=1S/C14H25N3O2S/c1-4-5-6-9-17(11(2)3)13-8-7-12(15)10-14(13)20(16,18)19/h7-8,10-11H,4-6,9,15H2,1-3H3,(H2,16,18,19). The average molecular weight is 299 g/mol. The van der Waals surface area contributed by atoms with Gasteiger partial charge in [-0.1, -0.05) is 19.8 Å². The molecule has 0 aliphatic heterocycles. The van der Waals surface area contributed by atoms with E-state index in [9.17, 15) is 8.42 Å². The lowest BCUT2D eigenvalue weighted by molar-refractivity contribution is 0.593. The van der Waals surface area contributed by atoms with Crippen LogP contribution in [0.1, 0.15) is 40.0 Å². The lowest BCUT2D eigenvalue weighted by Crippen LogP contribution is -2.33. The molecule has 0 unspecified atom stereocenters. The maximum absolute atomic E-state index is 11.8. The van der Waals surface area contributed by atoms with Crippen molar-refractivity contribution >= 4 is 21.4 Å². The Morgan fingerprint density at radius 2 is 1.90 bits per heavy atom. The van der Waals surface area contributed by atoms with E-state index in [1.54, 1.807) is 12.1 Å². The van der Waals surface area contributed by atoms with E-state index in [2.05, 4.69) is 11.8 Å². The van der Waals surface area contributed by atoms with Gasteiger partial charge in [0.1, 0.15) is 4.90 Å². The molecule has 0 fully saturated rings. The third-order valence-electron chi connectivity index (χ3n) is 3.23. The number of hydrogen-bond donors (Lipinski definition) is 2. The predicted octanol–water partition coefficient (Wildman–Crippen LogP) is 2.32. The van der Waals surface area contributed by atoms with Crippen LogP contribution in [0.4, 0.5) is 11.4 Å². The Kier molecular flexibility index (Phi) is 5.83. The predicted molar refractivity (Wildman–Crippen MR) is 84.2 cm³/mol. The fraction of sp³-hybridized carbons (Fsp3) is 0.571. The van der Waals surface area contributed by atoms with E-state index in [0.29, 0.717) is 11.4 Å². The molecule has 1 aromatic carbocycles. The van der Waals surface area contributed by atoms with Crippen LogP contribution < -0.4 is 15.8 Å². The second-order valence-corrected chi connectivity index (χ2v) is 6.80. The van der Waals surface area contributed by atoms with Crippen molar-refractivity contribution in [2.75, 3.05) is 17.2 Å². The van der Waals surface area contributed by atoms with Gasteiger partial charge in [-0.2, -0.15) is 0 Å². The van der Waals surface area contributed by atoms with E-state index in [1.807, 2.05) is 13.8 Å². The van der Waals surface area contributed by atoms with Gasteiger partial charge in [-0.3, -0.25) is 0 Å². The van der Waals surface area contributed by atoms with Crippen molar-refractivity contribution in [2.45, 2.75) is 51.0 Å². The molecule has 0 bridgehead atoms. The SMILES string of the molecule is CCCCCN(c1ccc(N)cc1S(N)(=O)=O)C(C)C. The van der Waals surface area contributed by atoms with Crippen LogP contribution in [0.15, 0.2) is 23.1 Å². The fourth-order valence-electron chi connectivity index (χ4n) is 2.18. The van der Waals surface area contributed by atoms with Gasteiger partial charge in [0, 0.05) is 18.3 Å². The summed E-state index contributed by atoms with van der Waals surface area (Å²) in [5, 5.41) is 5.31. The molecule has 20 heavy (non-hydrogen) atoms. The second kappa shape index (κ2) is 6.95. The number of rotatable bonds is 7. The van der Waals surface area contributed by atoms with Crippen LogP contribution in [0, 0.1) is 0 Å². The van der Waals surface area contributed by atoms with E-state index in [-0.39, 0.29) is 10.9 Å². The maximum atomic E-state index is 11.8. The first-order valence-corrected chi connectivity index (χ1v) is 8.51. The fourth-order valence-corrected chi connectivity index (χ4v) is 2.96. The van der Waals surface area contributed by atoms with Gasteiger partial charge in [-0.05, 0) is 38.5 Å². The number of unbranched alkanes of at least 4 members (excludes halogenated alkanes) is 2. The van der Waals surface area contributed by atoms with E-state index >= 15 is 0 Å². The van der Waals surface area contributed by atoms with E-state index in [4.69, 9.17) is 10.9 Å². The molecule has 0 heterocycles. The Labute approximate surface area is 122 Å². The van der Waals surface area contributed by atoms with Crippen LogP contribution in [-0.2, 0) is 10.0 Å². The number of sulfonamides is 1. The number of nitrogens with two attached hydrogens (primary N) is 2. The maximum Gasteiger partial charge on any atom is 0.240 e. The minimum Gasteiger partial charge on any atom is -0.399 e. The molecule has 1 rings (SSSR count). The van der Waals surface area contributed by atoms with Crippen LogP contribution in [0.25, 0.3) is 0 Å². The zero-order chi connectivity index (χ0) is 15.3. The second-order valence-electron chi connectivity index (χ2n) is 5.27. The molecule has 0 saturated heterocycles. The molecule has 4 N–H and O–H groups in total. The Balaban J connectivity index is 3.19. The largest absolute Gasteiger partial charge is 0.399 e. The molecule has 114 valence electrons. The monoisotopic (exact) mass is 299 g/mol. The summed E-state index contributed by atoms with van der Waals surface area (Å²) in [4.78, 5) is 2.16. The van der Waals surface area contributed by atoms with Crippen LogP contribution in [0.2, 0.25) is 0 Å². The van der Waals surface area contributed by atoms with Crippen LogP contribution in [-0.4, -0.2) is 21.0 Å². The lowest BCUT2D eigenvalue weighted by Gasteiger charge is -2.30. The molecule has 0 amide bonds. The van der Waals surface area contributed by atoms with Gasteiger partial charge in [0.15, 0.2) is 0 Å². The van der Waals surface area contributed by atoms with Gasteiger partial charge in [-0.15, -0.1) is 0 Å². The van der Waals surface area contributed by atoms with E-state index in [0.717, 1.165) is 25.8 Å². The Morgan fingerprint density at radius 3 is 2.40 bits per heavy atom. The quantitative estimate of drug-likeness (QED) is 0.597. The third kappa shape index (κ3) is 4.38.